The summed E-state index contributed by atoms with van der Waals surface area (Å²) in [4.78, 5) is 12.7. The topological polar surface area (TPSA) is 52.7 Å². The van der Waals surface area contributed by atoms with Gasteiger partial charge in [-0.05, 0) is 45.1 Å². The summed E-state index contributed by atoms with van der Waals surface area (Å²) in [6.45, 7) is 9.57. The third kappa shape index (κ3) is 3.74. The highest BCUT2D eigenvalue weighted by Crippen LogP contribution is 2.37. The monoisotopic (exact) mass is 346 g/mol. The van der Waals surface area contributed by atoms with Gasteiger partial charge in [-0.1, -0.05) is 25.6 Å². The standard InChI is InChI=1S/C18H26N4OS/c1-12(2)7-8-21-13(3)9-16(14(21)4)17(23)10-24-18-20-19-11-22(18)15-5-6-15/h9,11-12,15H,5-8,10H2,1-4H3. The molecule has 2 aromatic rings. The molecule has 0 spiro atoms. The van der Waals surface area contributed by atoms with E-state index in [1.54, 1.807) is 6.33 Å². The van der Waals surface area contributed by atoms with Crippen LogP contribution in [0.5, 0.6) is 0 Å². The molecule has 24 heavy (non-hydrogen) atoms. The molecule has 1 aliphatic rings. The SMILES string of the molecule is Cc1cc(C(=O)CSc2nncn2C2CC2)c(C)n1CCC(C)C. The summed E-state index contributed by atoms with van der Waals surface area (Å²) >= 11 is 1.50. The summed E-state index contributed by atoms with van der Waals surface area (Å²) in [6.07, 6.45) is 5.29. The largest absolute Gasteiger partial charge is 0.348 e. The Morgan fingerprint density at radius 2 is 2.12 bits per heavy atom. The first-order chi connectivity index (χ1) is 11.5. The van der Waals surface area contributed by atoms with Crippen molar-refractivity contribution in [1.82, 2.24) is 19.3 Å². The van der Waals surface area contributed by atoms with Crippen molar-refractivity contribution in [2.24, 2.45) is 5.92 Å². The van der Waals surface area contributed by atoms with Crippen LogP contribution in [0, 0.1) is 19.8 Å². The Hall–Kier alpha value is -1.56. The fourth-order valence-electron chi connectivity index (χ4n) is 2.96. The van der Waals surface area contributed by atoms with E-state index in [-0.39, 0.29) is 5.78 Å². The number of rotatable bonds is 8. The van der Waals surface area contributed by atoms with Crippen molar-refractivity contribution in [2.45, 2.75) is 64.7 Å². The number of hydrogen-bond donors (Lipinski definition) is 0. The summed E-state index contributed by atoms with van der Waals surface area (Å²) in [5.74, 6) is 1.25. The molecule has 3 rings (SSSR count). The fourth-order valence-corrected chi connectivity index (χ4v) is 3.83. The maximum Gasteiger partial charge on any atom is 0.191 e. The van der Waals surface area contributed by atoms with Gasteiger partial charge in [0.2, 0.25) is 0 Å². The average molecular weight is 347 g/mol. The van der Waals surface area contributed by atoms with Gasteiger partial charge in [-0.25, -0.2) is 0 Å². The zero-order valence-electron chi connectivity index (χ0n) is 15.0. The summed E-state index contributed by atoms with van der Waals surface area (Å²) in [7, 11) is 0. The number of hydrogen-bond acceptors (Lipinski definition) is 4. The molecule has 0 bridgehead atoms. The van der Waals surface area contributed by atoms with Gasteiger partial charge < -0.3 is 9.13 Å². The Bertz CT molecular complexity index is 727. The molecule has 1 fully saturated rings. The Morgan fingerprint density at radius 3 is 2.79 bits per heavy atom. The molecule has 0 saturated heterocycles. The number of aryl methyl sites for hydroxylation is 1. The number of aromatic nitrogens is 4. The van der Waals surface area contributed by atoms with Gasteiger partial charge in [0.05, 0.1) is 5.75 Å². The van der Waals surface area contributed by atoms with E-state index in [1.807, 2.05) is 6.07 Å². The molecule has 1 aliphatic carbocycles. The lowest BCUT2D eigenvalue weighted by molar-refractivity contribution is 0.102. The number of thioether (sulfide) groups is 1. The predicted octanol–water partition coefficient (Wildman–Crippen LogP) is 4.05. The lowest BCUT2D eigenvalue weighted by Gasteiger charge is -2.11. The Morgan fingerprint density at radius 1 is 1.38 bits per heavy atom. The molecule has 2 aromatic heterocycles. The van der Waals surface area contributed by atoms with Crippen molar-refractivity contribution in [1.29, 1.82) is 0 Å². The second kappa shape index (κ2) is 7.13. The zero-order valence-corrected chi connectivity index (χ0v) is 15.8. The van der Waals surface area contributed by atoms with Crippen molar-refractivity contribution >= 4 is 17.5 Å². The molecule has 0 atom stereocenters. The quantitative estimate of drug-likeness (QED) is 0.534. The van der Waals surface area contributed by atoms with Gasteiger partial charge in [0, 0.05) is 29.5 Å². The Balaban J connectivity index is 1.66. The molecule has 0 unspecified atom stereocenters. The summed E-state index contributed by atoms with van der Waals surface area (Å²) in [5.41, 5.74) is 3.10. The molecule has 5 nitrogen and oxygen atoms in total. The minimum Gasteiger partial charge on any atom is -0.348 e. The molecule has 1 saturated carbocycles. The van der Waals surface area contributed by atoms with Crippen molar-refractivity contribution in [2.75, 3.05) is 5.75 Å². The first kappa shape index (κ1) is 17.3. The van der Waals surface area contributed by atoms with Crippen LogP contribution in [0.4, 0.5) is 0 Å². The van der Waals surface area contributed by atoms with E-state index in [1.165, 1.54) is 30.3 Å². The zero-order chi connectivity index (χ0) is 17.3. The van der Waals surface area contributed by atoms with E-state index in [4.69, 9.17) is 0 Å². The highest BCUT2D eigenvalue weighted by atomic mass is 32.2. The van der Waals surface area contributed by atoms with Crippen LogP contribution in [0.2, 0.25) is 0 Å². The van der Waals surface area contributed by atoms with Gasteiger partial charge >= 0.3 is 0 Å². The van der Waals surface area contributed by atoms with E-state index in [2.05, 4.69) is 47.0 Å². The Kier molecular flexibility index (Phi) is 5.13. The summed E-state index contributed by atoms with van der Waals surface area (Å²) in [6, 6.07) is 2.57. The van der Waals surface area contributed by atoms with Gasteiger partial charge in [-0.3, -0.25) is 4.79 Å². The van der Waals surface area contributed by atoms with Gasteiger partial charge in [0.1, 0.15) is 6.33 Å². The van der Waals surface area contributed by atoms with Gasteiger partial charge in [0.15, 0.2) is 10.9 Å². The van der Waals surface area contributed by atoms with Gasteiger partial charge in [-0.2, -0.15) is 0 Å². The Labute approximate surface area is 147 Å². The molecular formula is C18H26N4OS. The van der Waals surface area contributed by atoms with Crippen molar-refractivity contribution in [3.05, 3.63) is 29.3 Å². The summed E-state index contributed by atoms with van der Waals surface area (Å²) < 4.78 is 4.37. The number of nitrogens with zero attached hydrogens (tertiary/aromatic N) is 4. The van der Waals surface area contributed by atoms with Crippen LogP contribution in [-0.2, 0) is 6.54 Å². The maximum absolute atomic E-state index is 12.7. The van der Waals surface area contributed by atoms with E-state index in [0.29, 0.717) is 17.7 Å². The second-order valence-corrected chi connectivity index (χ2v) is 8.03. The van der Waals surface area contributed by atoms with Crippen molar-refractivity contribution in [3.63, 3.8) is 0 Å². The van der Waals surface area contributed by atoms with E-state index in [9.17, 15) is 4.79 Å². The van der Waals surface area contributed by atoms with E-state index >= 15 is 0 Å². The molecule has 0 aromatic carbocycles. The predicted molar refractivity (Wildman–Crippen MR) is 96.7 cm³/mol. The van der Waals surface area contributed by atoms with Crippen molar-refractivity contribution in [3.8, 4) is 0 Å². The highest BCUT2D eigenvalue weighted by molar-refractivity contribution is 7.99. The lowest BCUT2D eigenvalue weighted by Crippen LogP contribution is -2.08. The minimum absolute atomic E-state index is 0.175. The smallest absolute Gasteiger partial charge is 0.191 e. The first-order valence-corrected chi connectivity index (χ1v) is 9.68. The van der Waals surface area contributed by atoms with Crippen LogP contribution in [0.15, 0.2) is 17.6 Å². The second-order valence-electron chi connectivity index (χ2n) is 7.08. The molecule has 2 heterocycles. The molecular weight excluding hydrogens is 320 g/mol. The van der Waals surface area contributed by atoms with Crippen LogP contribution in [0.3, 0.4) is 0 Å². The van der Waals surface area contributed by atoms with Crippen LogP contribution < -0.4 is 0 Å². The number of Topliss-reactive ketones (excluding diaryl/α,β-unsaturated/α-hetero) is 1. The van der Waals surface area contributed by atoms with Crippen LogP contribution >= 0.6 is 11.8 Å². The molecule has 0 radical (unpaired) electrons. The summed E-state index contributed by atoms with van der Waals surface area (Å²) in [5, 5.41) is 9.00. The third-order valence-corrected chi connectivity index (χ3v) is 5.57. The number of ketones is 1. The maximum atomic E-state index is 12.7. The van der Waals surface area contributed by atoms with Crippen LogP contribution in [0.1, 0.15) is 60.9 Å². The highest BCUT2D eigenvalue weighted by Gasteiger charge is 2.26. The van der Waals surface area contributed by atoms with Crippen LogP contribution in [0.25, 0.3) is 0 Å². The van der Waals surface area contributed by atoms with E-state index in [0.717, 1.165) is 29.4 Å². The van der Waals surface area contributed by atoms with Gasteiger partial charge in [-0.15, -0.1) is 10.2 Å². The number of carbonyl (C=O) groups excluding carboxylic acids is 1. The fraction of sp³-hybridized carbons (Fsp3) is 0.611. The first-order valence-electron chi connectivity index (χ1n) is 8.69. The van der Waals surface area contributed by atoms with Crippen molar-refractivity contribution < 1.29 is 4.79 Å². The molecule has 0 amide bonds. The molecule has 0 N–H and O–H groups in total. The lowest BCUT2D eigenvalue weighted by atomic mass is 10.1. The van der Waals surface area contributed by atoms with Crippen LogP contribution in [-0.4, -0.2) is 30.9 Å². The molecule has 6 heteroatoms. The van der Waals surface area contributed by atoms with Gasteiger partial charge in [0.25, 0.3) is 0 Å². The average Bonchev–Trinajstić information content (AvgIpc) is 3.20. The number of carbonyl (C=O) groups is 1. The molecule has 0 aliphatic heterocycles. The normalized spacial score (nSPS) is 14.5. The third-order valence-electron chi connectivity index (χ3n) is 4.62. The molecule has 130 valence electrons. The minimum atomic E-state index is 0.175. The van der Waals surface area contributed by atoms with E-state index < -0.39 is 0 Å².